The van der Waals surface area contributed by atoms with E-state index in [9.17, 15) is 18.0 Å². The fourth-order valence-corrected chi connectivity index (χ4v) is 6.91. The lowest BCUT2D eigenvalue weighted by Crippen LogP contribution is -2.56. The molecule has 0 unspecified atom stereocenters. The van der Waals surface area contributed by atoms with Crippen LogP contribution in [0.15, 0.2) is 112 Å². The summed E-state index contributed by atoms with van der Waals surface area (Å²) in [5.74, 6) is -0.807. The van der Waals surface area contributed by atoms with Gasteiger partial charge in [-0.3, -0.25) is 13.9 Å². The molecule has 0 fully saturated rings. The molecule has 1 N–H and O–H groups in total. The van der Waals surface area contributed by atoms with Crippen LogP contribution in [0.25, 0.3) is 0 Å². The number of halogens is 1. The number of benzene rings is 4. The number of anilines is 1. The van der Waals surface area contributed by atoms with Crippen LogP contribution in [0.2, 0.25) is 0 Å². The van der Waals surface area contributed by atoms with Gasteiger partial charge in [0.1, 0.15) is 12.6 Å². The Bertz CT molecular complexity index is 1740. The fourth-order valence-electron chi connectivity index (χ4n) is 5.20. The Morgan fingerprint density at radius 2 is 1.43 bits per heavy atom. The molecule has 2 amide bonds. The molecule has 0 heterocycles. The second-order valence-electron chi connectivity index (χ2n) is 12.4. The standard InChI is InChI=1S/C37H42BrN3O4S/c1-6-30-14-10-11-15-33(30)41(46(44,45)32-22-16-27(2)17-23-32)26-35(42)40(25-29-18-20-31(38)21-19-29)34(36(43)39-37(3,4)5)24-28-12-8-7-9-13-28/h7-23,34H,6,24-26H2,1-5H3,(H,39,43)/t34-/m1/s1. The summed E-state index contributed by atoms with van der Waals surface area (Å²) in [7, 11) is -4.17. The van der Waals surface area contributed by atoms with E-state index in [1.165, 1.54) is 9.21 Å². The van der Waals surface area contributed by atoms with Gasteiger partial charge in [0.05, 0.1) is 10.6 Å². The summed E-state index contributed by atoms with van der Waals surface area (Å²) in [5, 5.41) is 3.06. The molecule has 0 saturated carbocycles. The lowest BCUT2D eigenvalue weighted by Gasteiger charge is -2.35. The van der Waals surface area contributed by atoms with E-state index in [0.717, 1.165) is 26.7 Å². The average molecular weight is 705 g/mol. The molecule has 4 aromatic carbocycles. The molecule has 0 spiro atoms. The summed E-state index contributed by atoms with van der Waals surface area (Å²) in [5.41, 5.74) is 3.27. The van der Waals surface area contributed by atoms with Crippen LogP contribution in [0.4, 0.5) is 5.69 Å². The van der Waals surface area contributed by atoms with E-state index >= 15 is 0 Å². The Kier molecular flexibility index (Phi) is 11.5. The first-order chi connectivity index (χ1) is 21.8. The number of carbonyl (C=O) groups excluding carboxylic acids is 2. The molecule has 9 heteroatoms. The van der Waals surface area contributed by atoms with Crippen molar-refractivity contribution in [2.45, 2.75) is 70.5 Å². The zero-order valence-corrected chi connectivity index (χ0v) is 29.4. The van der Waals surface area contributed by atoms with E-state index in [2.05, 4.69) is 21.2 Å². The van der Waals surface area contributed by atoms with Crippen molar-refractivity contribution in [2.24, 2.45) is 0 Å². The van der Waals surface area contributed by atoms with Crippen molar-refractivity contribution in [3.05, 3.63) is 130 Å². The van der Waals surface area contributed by atoms with Gasteiger partial charge in [0.15, 0.2) is 0 Å². The minimum atomic E-state index is -4.17. The van der Waals surface area contributed by atoms with Crippen molar-refractivity contribution in [2.75, 3.05) is 10.8 Å². The number of hydrogen-bond donors (Lipinski definition) is 1. The number of hydrogen-bond acceptors (Lipinski definition) is 4. The van der Waals surface area contributed by atoms with Gasteiger partial charge in [-0.2, -0.15) is 0 Å². The highest BCUT2D eigenvalue weighted by Gasteiger charge is 2.36. The Morgan fingerprint density at radius 3 is 2.04 bits per heavy atom. The average Bonchev–Trinajstić information content (AvgIpc) is 3.02. The van der Waals surface area contributed by atoms with Gasteiger partial charge < -0.3 is 10.2 Å². The SMILES string of the molecule is CCc1ccccc1N(CC(=O)N(Cc1ccc(Br)cc1)[C@H](Cc1ccccc1)C(=O)NC(C)(C)C)S(=O)(=O)c1ccc(C)cc1. The lowest BCUT2D eigenvalue weighted by molar-refractivity contribution is -0.140. The minimum absolute atomic E-state index is 0.0857. The molecule has 0 aliphatic rings. The lowest BCUT2D eigenvalue weighted by atomic mass is 10.0. The van der Waals surface area contributed by atoms with Crippen molar-refractivity contribution in [3.8, 4) is 0 Å². The number of rotatable bonds is 12. The highest BCUT2D eigenvalue weighted by Crippen LogP contribution is 2.29. The molecule has 7 nitrogen and oxygen atoms in total. The van der Waals surface area contributed by atoms with Crippen molar-refractivity contribution in [1.82, 2.24) is 10.2 Å². The van der Waals surface area contributed by atoms with Crippen LogP contribution >= 0.6 is 15.9 Å². The van der Waals surface area contributed by atoms with Crippen molar-refractivity contribution in [1.29, 1.82) is 0 Å². The van der Waals surface area contributed by atoms with E-state index < -0.39 is 34.1 Å². The maximum Gasteiger partial charge on any atom is 0.264 e. The fraction of sp³-hybridized carbons (Fsp3) is 0.297. The topological polar surface area (TPSA) is 86.8 Å². The zero-order chi connectivity index (χ0) is 33.5. The second kappa shape index (κ2) is 15.1. The molecule has 1 atom stereocenters. The van der Waals surface area contributed by atoms with E-state index in [-0.39, 0.29) is 23.8 Å². The monoisotopic (exact) mass is 703 g/mol. The molecule has 0 aromatic heterocycles. The number of nitrogens with zero attached hydrogens (tertiary/aromatic N) is 2. The number of sulfonamides is 1. The summed E-state index contributed by atoms with van der Waals surface area (Å²) in [6.07, 6.45) is 0.818. The summed E-state index contributed by atoms with van der Waals surface area (Å²) in [6, 6.07) is 30.0. The predicted octanol–water partition coefficient (Wildman–Crippen LogP) is 7.07. The molecule has 4 aromatic rings. The summed E-state index contributed by atoms with van der Waals surface area (Å²) in [4.78, 5) is 30.3. The third-order valence-electron chi connectivity index (χ3n) is 7.56. The van der Waals surface area contributed by atoms with Crippen molar-refractivity contribution >= 4 is 43.5 Å². The van der Waals surface area contributed by atoms with E-state index in [0.29, 0.717) is 12.1 Å². The number of nitrogens with one attached hydrogen (secondary N) is 1. The Hall–Kier alpha value is -3.95. The third-order valence-corrected chi connectivity index (χ3v) is 9.87. The molecule has 46 heavy (non-hydrogen) atoms. The van der Waals surface area contributed by atoms with E-state index in [1.807, 2.05) is 101 Å². The summed E-state index contributed by atoms with van der Waals surface area (Å²) in [6.45, 7) is 9.13. The zero-order valence-electron chi connectivity index (χ0n) is 27.0. The van der Waals surface area contributed by atoms with Gasteiger partial charge in [-0.15, -0.1) is 0 Å². The van der Waals surface area contributed by atoms with Gasteiger partial charge in [-0.25, -0.2) is 8.42 Å². The Morgan fingerprint density at radius 1 is 0.826 bits per heavy atom. The number of para-hydroxylation sites is 1. The molecule has 4 rings (SSSR count). The number of carbonyl (C=O) groups is 2. The molecule has 0 radical (unpaired) electrons. The molecular formula is C37H42BrN3O4S. The van der Waals surface area contributed by atoms with Crippen molar-refractivity contribution < 1.29 is 18.0 Å². The maximum absolute atomic E-state index is 14.7. The van der Waals surface area contributed by atoms with Crippen LogP contribution in [0.5, 0.6) is 0 Å². The molecule has 242 valence electrons. The molecule has 0 aliphatic carbocycles. The largest absolute Gasteiger partial charge is 0.350 e. The second-order valence-corrected chi connectivity index (χ2v) is 15.2. The van der Waals surface area contributed by atoms with Crippen LogP contribution in [0, 0.1) is 6.92 Å². The molecule has 0 saturated heterocycles. The van der Waals surface area contributed by atoms with Gasteiger partial charge in [-0.05, 0) is 81.1 Å². The first kappa shape index (κ1) is 34.9. The van der Waals surface area contributed by atoms with E-state index in [4.69, 9.17) is 0 Å². The third kappa shape index (κ3) is 9.07. The molecular weight excluding hydrogens is 662 g/mol. The highest BCUT2D eigenvalue weighted by atomic mass is 79.9. The summed E-state index contributed by atoms with van der Waals surface area (Å²) < 4.78 is 30.7. The van der Waals surface area contributed by atoms with Gasteiger partial charge in [0.25, 0.3) is 10.0 Å². The van der Waals surface area contributed by atoms with Gasteiger partial charge in [-0.1, -0.05) is 101 Å². The first-order valence-electron chi connectivity index (χ1n) is 15.4. The van der Waals surface area contributed by atoms with Crippen LogP contribution in [-0.2, 0) is 39.0 Å². The van der Waals surface area contributed by atoms with Crippen molar-refractivity contribution in [3.63, 3.8) is 0 Å². The molecule has 0 bridgehead atoms. The molecule has 0 aliphatic heterocycles. The van der Waals surface area contributed by atoms with Crippen LogP contribution in [0.1, 0.15) is 49.9 Å². The predicted molar refractivity (Wildman–Crippen MR) is 188 cm³/mol. The first-order valence-corrected chi connectivity index (χ1v) is 17.6. The Balaban J connectivity index is 1.84. The van der Waals surface area contributed by atoms with Gasteiger partial charge >= 0.3 is 0 Å². The Labute approximate surface area is 281 Å². The van der Waals surface area contributed by atoms with Crippen LogP contribution in [-0.4, -0.2) is 43.3 Å². The normalized spacial score (nSPS) is 12.3. The van der Waals surface area contributed by atoms with Crippen LogP contribution < -0.4 is 9.62 Å². The van der Waals surface area contributed by atoms with E-state index in [1.54, 1.807) is 36.4 Å². The van der Waals surface area contributed by atoms with Crippen LogP contribution in [0.3, 0.4) is 0 Å². The quantitative estimate of drug-likeness (QED) is 0.171. The highest BCUT2D eigenvalue weighted by molar-refractivity contribution is 9.10. The summed E-state index contributed by atoms with van der Waals surface area (Å²) >= 11 is 3.47. The van der Waals surface area contributed by atoms with Gasteiger partial charge in [0.2, 0.25) is 11.8 Å². The number of amides is 2. The maximum atomic E-state index is 14.7. The smallest absolute Gasteiger partial charge is 0.264 e. The number of aryl methyl sites for hydroxylation is 2. The minimum Gasteiger partial charge on any atom is -0.350 e. The van der Waals surface area contributed by atoms with Gasteiger partial charge in [0, 0.05) is 23.0 Å².